The minimum absolute atomic E-state index is 0. The third kappa shape index (κ3) is 61.2. The summed E-state index contributed by atoms with van der Waals surface area (Å²) in [7, 11) is 1.61. The number of ether oxygens (including phenoxy) is 20. The van der Waals surface area contributed by atoms with Crippen LogP contribution in [0.1, 0.15) is 75.5 Å². The van der Waals surface area contributed by atoms with Crippen LogP contribution < -0.4 is 35.9 Å². The number of carboxylic acid groups (broad SMARTS) is 3. The molecule has 0 radical (unpaired) electrons. The Morgan fingerprint density at radius 1 is 0.333 bits per heavy atom. The molecular formula is C81H128N4O32. The maximum atomic E-state index is 13.5. The first-order valence-corrected chi connectivity index (χ1v) is 39.2. The monoisotopic (exact) mass is 1670 g/mol. The van der Waals surface area contributed by atoms with Crippen molar-refractivity contribution in [2.75, 3.05) is 258 Å². The van der Waals surface area contributed by atoms with E-state index in [0.29, 0.717) is 136 Å². The van der Waals surface area contributed by atoms with Gasteiger partial charge < -0.3 is 132 Å². The largest absolute Gasteiger partial charge is 0.482 e. The number of amides is 3. The number of hydrogen-bond acceptors (Lipinski definition) is 30. The number of aliphatic carboxylic acids is 3. The highest BCUT2D eigenvalue weighted by Crippen LogP contribution is 2.20. The first kappa shape index (κ1) is 105. The van der Waals surface area contributed by atoms with Crippen LogP contribution in [0.4, 0.5) is 0 Å². The highest BCUT2D eigenvalue weighted by Gasteiger charge is 2.25. The Kier molecular flexibility index (Phi) is 66.0. The summed E-state index contributed by atoms with van der Waals surface area (Å²) in [5.41, 5.74) is 7.58. The summed E-state index contributed by atoms with van der Waals surface area (Å²) in [4.78, 5) is 113. The van der Waals surface area contributed by atoms with E-state index in [1.165, 1.54) is 0 Å². The molecule has 0 spiro atoms. The minimum Gasteiger partial charge on any atom is -0.482 e. The molecule has 36 heteroatoms. The number of carboxylic acids is 3. The lowest BCUT2D eigenvalue weighted by Crippen LogP contribution is -2.42. The van der Waals surface area contributed by atoms with Gasteiger partial charge in [0, 0.05) is 77.9 Å². The molecule has 117 heavy (non-hydrogen) atoms. The van der Waals surface area contributed by atoms with E-state index in [4.69, 9.17) is 116 Å². The van der Waals surface area contributed by atoms with Crippen LogP contribution in [0.3, 0.4) is 0 Å². The van der Waals surface area contributed by atoms with Gasteiger partial charge in [-0.1, -0.05) is 43.8 Å². The lowest BCUT2D eigenvalue weighted by atomic mass is 9.92. The van der Waals surface area contributed by atoms with Gasteiger partial charge in [-0.3, -0.25) is 28.8 Å². The van der Waals surface area contributed by atoms with E-state index in [1.807, 2.05) is 0 Å². The lowest BCUT2D eigenvalue weighted by Gasteiger charge is -2.18. The minimum atomic E-state index is -1.13. The summed E-state index contributed by atoms with van der Waals surface area (Å²) in [6.07, 6.45) is 1.71. The van der Waals surface area contributed by atoms with E-state index in [1.54, 1.807) is 79.9 Å². The zero-order chi connectivity index (χ0) is 83.8. The number of hydrogen-bond donors (Lipinski definition) is 7. The van der Waals surface area contributed by atoms with Gasteiger partial charge in [-0.05, 0) is 85.2 Å². The molecule has 0 aliphatic rings. The molecule has 0 fully saturated rings. The summed E-state index contributed by atoms with van der Waals surface area (Å²) in [5.74, 6) is -4.73. The van der Waals surface area contributed by atoms with Crippen LogP contribution in [0.5, 0.6) is 17.2 Å². The molecule has 0 aromatic heterocycles. The molecule has 3 amide bonds. The van der Waals surface area contributed by atoms with E-state index in [0.717, 1.165) is 16.7 Å². The third-order valence-electron chi connectivity index (χ3n) is 16.1. The smallest absolute Gasteiger partial charge is 0.341 e. The van der Waals surface area contributed by atoms with Crippen molar-refractivity contribution in [3.8, 4) is 17.2 Å². The van der Waals surface area contributed by atoms with Gasteiger partial charge in [-0.2, -0.15) is 0 Å². The molecule has 8 N–H and O–H groups in total. The van der Waals surface area contributed by atoms with Crippen LogP contribution in [0, 0.1) is 5.92 Å². The predicted molar refractivity (Wildman–Crippen MR) is 423 cm³/mol. The number of ketones is 3. The summed E-state index contributed by atoms with van der Waals surface area (Å²) in [6, 6.07) is 18.2. The van der Waals surface area contributed by atoms with Crippen LogP contribution >= 0.6 is 0 Å². The number of nitrogens with one attached hydrogen (secondary N) is 3. The van der Waals surface area contributed by atoms with E-state index in [2.05, 4.69) is 16.0 Å². The Labute approximate surface area is 686 Å². The molecule has 3 atom stereocenters. The van der Waals surface area contributed by atoms with Gasteiger partial charge in [-0.25, -0.2) is 14.4 Å². The summed E-state index contributed by atoms with van der Waals surface area (Å²) in [5, 5.41) is 35.4. The maximum Gasteiger partial charge on any atom is 0.341 e. The molecule has 0 bridgehead atoms. The molecular weight excluding hydrogens is 1540 g/mol. The second-order valence-corrected chi connectivity index (χ2v) is 25.5. The zero-order valence-electron chi connectivity index (χ0n) is 67.1. The van der Waals surface area contributed by atoms with Crippen molar-refractivity contribution in [3.63, 3.8) is 0 Å². The zero-order valence-corrected chi connectivity index (χ0v) is 67.1. The highest BCUT2D eigenvalue weighted by atomic mass is 16.6. The molecule has 0 aliphatic heterocycles. The SMILES string of the molecule is C.COCCOCCOCCOCCOCCCC(=O)C(Cc1ccc(OCC(=O)O)cc1)NC(=O)CCOCCOCCOCCOCCNC(=O)C(CC(=O)CCOCCOCCOCCOCCCC(=O)C(Cc1ccc(OCC(=O)O)cc1)NC(=O)CCOCCOCCOCCOCCN)Cc1ccc(OCC(=O)O)cc1. The van der Waals surface area contributed by atoms with Crippen LogP contribution in [0.2, 0.25) is 0 Å². The number of methoxy groups -OCH3 is 1. The Bertz CT molecular complexity index is 3050. The lowest BCUT2D eigenvalue weighted by molar-refractivity contribution is -0.140. The fourth-order valence-corrected chi connectivity index (χ4v) is 10.2. The number of rotatable bonds is 83. The first-order chi connectivity index (χ1) is 56.5. The molecule has 0 saturated carbocycles. The number of nitrogens with two attached hydrogens (primary N) is 1. The normalized spacial score (nSPS) is 11.9. The number of carbonyl (C=O) groups excluding carboxylic acids is 6. The standard InChI is InChI=1S/C80H124N4O32.CH4/c1-97-30-31-105-46-47-113-55-49-107-40-33-99-24-3-5-74(87)72(58-65-10-16-70(17-11-65)116-62-79(94)95)84-76(89)20-27-102-36-43-110-52-54-112-45-38-104-29-22-82-80(96)66(56-63-6-12-68(13-7-63)114-60-77(90)91)59-67(85)18-25-100-34-41-108-50-48-106-39-32-98-23-2-4-73(86)71(57-64-8-14-69(15-9-64)115-61-78(92)93)83-75(88)19-26-101-35-42-109-51-53-111-44-37-103-28-21-81;/h6-17,66,71-72H,2-5,18-62,81H2,1H3,(H,82,96)(H,83,88)(H,84,89)(H,90,91)(H,92,93)(H,94,95);1H4. The molecule has 3 aromatic rings. The van der Waals surface area contributed by atoms with Gasteiger partial charge in [-0.15, -0.1) is 0 Å². The number of carbonyl (C=O) groups is 9. The summed E-state index contributed by atoms with van der Waals surface area (Å²) >= 11 is 0. The summed E-state index contributed by atoms with van der Waals surface area (Å²) < 4.78 is 109. The molecule has 0 heterocycles. The van der Waals surface area contributed by atoms with Gasteiger partial charge in [0.1, 0.15) is 23.0 Å². The summed E-state index contributed by atoms with van der Waals surface area (Å²) in [6.45, 7) is 9.35. The molecule has 0 aliphatic carbocycles. The third-order valence-corrected chi connectivity index (χ3v) is 16.1. The maximum absolute atomic E-state index is 13.5. The van der Waals surface area contributed by atoms with E-state index >= 15 is 0 Å². The Morgan fingerprint density at radius 2 is 0.607 bits per heavy atom. The Balaban J connectivity index is 0.0000464. The van der Waals surface area contributed by atoms with Crippen molar-refractivity contribution in [2.24, 2.45) is 11.7 Å². The van der Waals surface area contributed by atoms with Crippen molar-refractivity contribution in [3.05, 3.63) is 89.5 Å². The molecule has 0 saturated heterocycles. The van der Waals surface area contributed by atoms with Gasteiger partial charge >= 0.3 is 17.9 Å². The van der Waals surface area contributed by atoms with Crippen LogP contribution in [-0.4, -0.2) is 338 Å². The first-order valence-electron chi connectivity index (χ1n) is 39.2. The van der Waals surface area contributed by atoms with E-state index in [-0.39, 0.29) is 226 Å². The van der Waals surface area contributed by atoms with Gasteiger partial charge in [0.2, 0.25) is 17.7 Å². The fourth-order valence-electron chi connectivity index (χ4n) is 10.2. The van der Waals surface area contributed by atoms with Gasteiger partial charge in [0.15, 0.2) is 31.4 Å². The van der Waals surface area contributed by atoms with Crippen molar-refractivity contribution in [2.45, 2.75) is 90.1 Å². The second kappa shape index (κ2) is 73.3. The number of benzene rings is 3. The molecule has 3 rings (SSSR count). The molecule has 664 valence electrons. The van der Waals surface area contributed by atoms with Gasteiger partial charge in [0.05, 0.1) is 217 Å². The van der Waals surface area contributed by atoms with Crippen LogP contribution in [0.15, 0.2) is 72.8 Å². The molecule has 3 unspecified atom stereocenters. The van der Waals surface area contributed by atoms with E-state index < -0.39 is 55.7 Å². The van der Waals surface area contributed by atoms with Crippen LogP contribution in [0.25, 0.3) is 0 Å². The van der Waals surface area contributed by atoms with Crippen LogP contribution in [-0.2, 0) is 143 Å². The number of Topliss-reactive ketones (excluding diaryl/α,β-unsaturated/α-hetero) is 3. The predicted octanol–water partition coefficient (Wildman–Crippen LogP) is 3.14. The average molecular weight is 1670 g/mol. The van der Waals surface area contributed by atoms with Gasteiger partial charge in [0.25, 0.3) is 0 Å². The fraction of sp³-hybridized carbons (Fsp3) is 0.667. The Morgan fingerprint density at radius 3 is 0.915 bits per heavy atom. The highest BCUT2D eigenvalue weighted by molar-refractivity contribution is 5.90. The van der Waals surface area contributed by atoms with E-state index in [9.17, 15) is 43.2 Å². The van der Waals surface area contributed by atoms with Crippen molar-refractivity contribution < 1.29 is 153 Å². The second-order valence-electron chi connectivity index (χ2n) is 25.5. The quantitative estimate of drug-likeness (QED) is 0.0399. The van der Waals surface area contributed by atoms with Crippen molar-refractivity contribution >= 4 is 53.0 Å². The average Bonchev–Trinajstić information content (AvgIpc) is 0.885. The Hall–Kier alpha value is -7.83. The van der Waals surface area contributed by atoms with Crippen molar-refractivity contribution in [1.29, 1.82) is 0 Å². The topological polar surface area (TPSA) is 461 Å². The van der Waals surface area contributed by atoms with Crippen molar-refractivity contribution in [1.82, 2.24) is 16.0 Å². The molecule has 3 aromatic carbocycles. The molecule has 36 nitrogen and oxygen atoms in total.